The van der Waals surface area contributed by atoms with Crippen molar-refractivity contribution >= 4 is 42.3 Å². The summed E-state index contributed by atoms with van der Waals surface area (Å²) in [6.07, 6.45) is 0. The normalized spacial score (nSPS) is 11.4. The van der Waals surface area contributed by atoms with Crippen LogP contribution < -0.4 is 0 Å². The van der Waals surface area contributed by atoms with Crippen LogP contribution in [0, 0.1) is 0 Å². The van der Waals surface area contributed by atoms with Crippen LogP contribution >= 0.6 is 11.3 Å². The van der Waals surface area contributed by atoms with E-state index in [1.165, 1.54) is 53.2 Å². The largest absolute Gasteiger partial charge is 0.134 e. The molecule has 0 spiro atoms. The lowest BCUT2D eigenvalue weighted by molar-refractivity contribution is 1.64. The first-order valence-corrected chi connectivity index (χ1v) is 10.7. The number of thiophene rings is 1. The molecule has 136 valence electrons. The monoisotopic (exact) mass is 386 g/mol. The Morgan fingerprint density at radius 3 is 1.62 bits per heavy atom. The van der Waals surface area contributed by atoms with Gasteiger partial charge in [-0.15, -0.1) is 11.3 Å². The molecule has 0 aliphatic rings. The summed E-state index contributed by atoms with van der Waals surface area (Å²) in [4.78, 5) is 0. The number of benzene rings is 5. The van der Waals surface area contributed by atoms with Crippen molar-refractivity contribution in [1.82, 2.24) is 0 Å². The van der Waals surface area contributed by atoms with Crippen molar-refractivity contribution in [1.29, 1.82) is 0 Å². The van der Waals surface area contributed by atoms with Crippen LogP contribution in [-0.4, -0.2) is 0 Å². The van der Waals surface area contributed by atoms with Gasteiger partial charge in [-0.2, -0.15) is 0 Å². The van der Waals surface area contributed by atoms with Gasteiger partial charge in [0.1, 0.15) is 0 Å². The molecule has 0 saturated carbocycles. The third-order valence-electron chi connectivity index (χ3n) is 5.66. The molecule has 0 amide bonds. The molecule has 0 aliphatic carbocycles. The van der Waals surface area contributed by atoms with Crippen molar-refractivity contribution in [3.8, 4) is 22.3 Å². The van der Waals surface area contributed by atoms with Crippen molar-refractivity contribution in [3.05, 3.63) is 109 Å². The molecular weight excluding hydrogens is 368 g/mol. The molecule has 1 aromatic heterocycles. The minimum Gasteiger partial charge on any atom is -0.134 e. The molecule has 0 fully saturated rings. The Morgan fingerprint density at radius 2 is 0.931 bits per heavy atom. The maximum Gasteiger partial charge on any atom is 0.0446 e. The van der Waals surface area contributed by atoms with Crippen LogP contribution in [0.1, 0.15) is 0 Å². The van der Waals surface area contributed by atoms with Gasteiger partial charge in [-0.25, -0.2) is 0 Å². The summed E-state index contributed by atoms with van der Waals surface area (Å²) in [5.41, 5.74) is 5.20. The summed E-state index contributed by atoms with van der Waals surface area (Å²) in [5.74, 6) is 0. The van der Waals surface area contributed by atoms with E-state index in [1.54, 1.807) is 0 Å². The standard InChI is InChI=1S/C28H18S/c1-3-11-19(12-4-1)25-21-15-7-8-16-22(21)27-23-17-9-10-18-24(23)29-28(27)26(25)20-13-5-2-6-14-20/h1-18H. The van der Waals surface area contributed by atoms with E-state index >= 15 is 0 Å². The Kier molecular flexibility index (Phi) is 3.75. The van der Waals surface area contributed by atoms with Gasteiger partial charge >= 0.3 is 0 Å². The first kappa shape index (κ1) is 16.5. The summed E-state index contributed by atoms with van der Waals surface area (Å²) in [6.45, 7) is 0. The highest BCUT2D eigenvalue weighted by Crippen LogP contribution is 2.49. The fraction of sp³-hybridized carbons (Fsp3) is 0. The van der Waals surface area contributed by atoms with Gasteiger partial charge in [0, 0.05) is 25.7 Å². The lowest BCUT2D eigenvalue weighted by atomic mass is 9.87. The average Bonchev–Trinajstić information content (AvgIpc) is 3.19. The fourth-order valence-electron chi connectivity index (χ4n) is 4.44. The van der Waals surface area contributed by atoms with Crippen LogP contribution in [0.25, 0.3) is 53.2 Å². The summed E-state index contributed by atoms with van der Waals surface area (Å²) in [5, 5.41) is 5.37. The quantitative estimate of drug-likeness (QED) is 0.280. The van der Waals surface area contributed by atoms with Crippen molar-refractivity contribution in [2.75, 3.05) is 0 Å². The van der Waals surface area contributed by atoms with Crippen molar-refractivity contribution in [2.24, 2.45) is 0 Å². The van der Waals surface area contributed by atoms with Gasteiger partial charge in [-0.1, -0.05) is 103 Å². The van der Waals surface area contributed by atoms with Crippen molar-refractivity contribution in [2.45, 2.75) is 0 Å². The highest BCUT2D eigenvalue weighted by Gasteiger charge is 2.20. The lowest BCUT2D eigenvalue weighted by Crippen LogP contribution is -1.89. The van der Waals surface area contributed by atoms with E-state index in [-0.39, 0.29) is 0 Å². The van der Waals surface area contributed by atoms with E-state index < -0.39 is 0 Å². The minimum atomic E-state index is 1.27. The minimum absolute atomic E-state index is 1.27. The first-order chi connectivity index (χ1) is 14.4. The molecule has 1 heterocycles. The third-order valence-corrected chi connectivity index (χ3v) is 6.85. The molecule has 0 nitrogen and oxygen atoms in total. The van der Waals surface area contributed by atoms with Crippen molar-refractivity contribution < 1.29 is 0 Å². The Balaban J connectivity index is 1.93. The molecule has 5 aromatic carbocycles. The predicted octanol–water partition coefficient (Wildman–Crippen LogP) is 8.54. The van der Waals surface area contributed by atoms with Gasteiger partial charge in [0.15, 0.2) is 0 Å². The summed E-state index contributed by atoms with van der Waals surface area (Å²) < 4.78 is 2.71. The summed E-state index contributed by atoms with van der Waals surface area (Å²) in [7, 11) is 0. The van der Waals surface area contributed by atoms with Crippen LogP contribution in [0.15, 0.2) is 109 Å². The number of rotatable bonds is 2. The molecular formula is C28H18S. The molecule has 1 heteroatoms. The first-order valence-electron chi connectivity index (χ1n) is 9.88. The van der Waals surface area contributed by atoms with Gasteiger partial charge in [0.05, 0.1) is 0 Å². The molecule has 0 unspecified atom stereocenters. The van der Waals surface area contributed by atoms with Crippen LogP contribution in [0.4, 0.5) is 0 Å². The topological polar surface area (TPSA) is 0 Å². The molecule has 0 atom stereocenters. The SMILES string of the molecule is c1ccc(-c2c(-c3ccccc3)c3sc4ccccc4c3c3ccccc23)cc1. The van der Waals surface area contributed by atoms with E-state index in [0.717, 1.165) is 0 Å². The second kappa shape index (κ2) is 6.58. The zero-order valence-corrected chi connectivity index (χ0v) is 16.6. The van der Waals surface area contributed by atoms with E-state index in [0.29, 0.717) is 0 Å². The second-order valence-electron chi connectivity index (χ2n) is 7.33. The van der Waals surface area contributed by atoms with Crippen LogP contribution in [0.2, 0.25) is 0 Å². The molecule has 0 N–H and O–H groups in total. The molecule has 6 rings (SSSR count). The Labute approximate surface area is 173 Å². The smallest absolute Gasteiger partial charge is 0.0446 e. The highest BCUT2D eigenvalue weighted by atomic mass is 32.1. The number of hydrogen-bond acceptors (Lipinski definition) is 1. The Bertz CT molecular complexity index is 1480. The van der Waals surface area contributed by atoms with Crippen molar-refractivity contribution in [3.63, 3.8) is 0 Å². The van der Waals surface area contributed by atoms with Gasteiger partial charge in [0.25, 0.3) is 0 Å². The van der Waals surface area contributed by atoms with Crippen LogP contribution in [0.3, 0.4) is 0 Å². The fourth-order valence-corrected chi connectivity index (χ4v) is 5.73. The van der Waals surface area contributed by atoms with Crippen LogP contribution in [0.5, 0.6) is 0 Å². The molecule has 0 bridgehead atoms. The molecule has 0 aliphatic heterocycles. The molecule has 29 heavy (non-hydrogen) atoms. The maximum atomic E-state index is 2.28. The molecule has 0 saturated heterocycles. The van der Waals surface area contributed by atoms with E-state index in [9.17, 15) is 0 Å². The second-order valence-corrected chi connectivity index (χ2v) is 8.38. The summed E-state index contributed by atoms with van der Waals surface area (Å²) in [6, 6.07) is 39.3. The zero-order chi connectivity index (χ0) is 19.2. The maximum absolute atomic E-state index is 2.28. The van der Waals surface area contributed by atoms with Gasteiger partial charge < -0.3 is 0 Å². The third kappa shape index (κ3) is 2.52. The zero-order valence-electron chi connectivity index (χ0n) is 15.8. The van der Waals surface area contributed by atoms with Gasteiger partial charge in [0.2, 0.25) is 0 Å². The Morgan fingerprint density at radius 1 is 0.414 bits per heavy atom. The predicted molar refractivity (Wildman–Crippen MR) is 128 cm³/mol. The Hall–Kier alpha value is -3.42. The lowest BCUT2D eigenvalue weighted by Gasteiger charge is -2.16. The van der Waals surface area contributed by atoms with E-state index in [4.69, 9.17) is 0 Å². The number of hydrogen-bond donors (Lipinski definition) is 0. The molecule has 6 aromatic rings. The van der Waals surface area contributed by atoms with Crippen LogP contribution in [-0.2, 0) is 0 Å². The van der Waals surface area contributed by atoms with E-state index in [1.807, 2.05) is 11.3 Å². The summed E-state index contributed by atoms with van der Waals surface area (Å²) >= 11 is 1.91. The molecule has 0 radical (unpaired) electrons. The van der Waals surface area contributed by atoms with Gasteiger partial charge in [-0.05, 0) is 33.5 Å². The average molecular weight is 387 g/mol. The van der Waals surface area contributed by atoms with Gasteiger partial charge in [-0.3, -0.25) is 0 Å². The number of fused-ring (bicyclic) bond motifs is 5. The van der Waals surface area contributed by atoms with E-state index in [2.05, 4.69) is 109 Å². The highest BCUT2D eigenvalue weighted by molar-refractivity contribution is 7.26.